The highest BCUT2D eigenvalue weighted by Crippen LogP contribution is 2.28. The lowest BCUT2D eigenvalue weighted by Crippen LogP contribution is -2.20. The maximum atomic E-state index is 6.11. The number of nitrogens with two attached hydrogens (primary N) is 1. The van der Waals surface area contributed by atoms with Crippen LogP contribution < -0.4 is 10.6 Å². The van der Waals surface area contributed by atoms with Crippen LogP contribution in [0.4, 0.5) is 11.4 Å². The lowest BCUT2D eigenvalue weighted by Gasteiger charge is -2.18. The van der Waals surface area contributed by atoms with Gasteiger partial charge in [-0.05, 0) is 60.1 Å². The monoisotopic (exact) mass is 427 g/mol. The highest BCUT2D eigenvalue weighted by molar-refractivity contribution is 7.99. The zero-order valence-corrected chi connectivity index (χ0v) is 18.8. The van der Waals surface area contributed by atoms with E-state index in [-0.39, 0.29) is 0 Å². The number of aliphatic imine (C=N–C) groups is 1. The van der Waals surface area contributed by atoms with Crippen LogP contribution in [0.2, 0.25) is 0 Å². The van der Waals surface area contributed by atoms with Crippen molar-refractivity contribution in [1.29, 1.82) is 0 Å². The fourth-order valence-corrected chi connectivity index (χ4v) is 4.76. The Kier molecular flexibility index (Phi) is 7.11. The number of benzodiazepines with no additional fused rings is 1. The van der Waals surface area contributed by atoms with Gasteiger partial charge in [0, 0.05) is 35.4 Å². The Labute approximate surface area is 189 Å². The van der Waals surface area contributed by atoms with Crippen LogP contribution in [0.5, 0.6) is 0 Å². The minimum atomic E-state index is 0.788. The minimum Gasteiger partial charge on any atom is -0.399 e. The van der Waals surface area contributed by atoms with Crippen LogP contribution in [-0.2, 0) is 6.42 Å². The predicted molar refractivity (Wildman–Crippen MR) is 136 cm³/mol. The summed E-state index contributed by atoms with van der Waals surface area (Å²) in [6.45, 7) is 1.72. The highest BCUT2D eigenvalue weighted by atomic mass is 32.2. The van der Waals surface area contributed by atoms with Crippen LogP contribution in [-0.4, -0.2) is 31.6 Å². The summed E-state index contributed by atoms with van der Waals surface area (Å²) < 4.78 is 0. The normalized spacial score (nSPS) is 13.7. The molecule has 158 valence electrons. The Balaban J connectivity index is 1.48. The Hall–Kier alpha value is -2.98. The van der Waals surface area contributed by atoms with Gasteiger partial charge < -0.3 is 10.6 Å². The third-order valence-corrected chi connectivity index (χ3v) is 6.65. The number of nitrogens with zero attached hydrogens (tertiary/aromatic N) is 2. The van der Waals surface area contributed by atoms with Gasteiger partial charge in [-0.15, -0.1) is 11.8 Å². The van der Waals surface area contributed by atoms with Gasteiger partial charge in [0.2, 0.25) is 0 Å². The van der Waals surface area contributed by atoms with Crippen LogP contribution in [0.1, 0.15) is 23.1 Å². The number of allylic oxidation sites excluding steroid dienone is 1. The third-order valence-electron chi connectivity index (χ3n) is 5.47. The predicted octanol–water partition coefficient (Wildman–Crippen LogP) is 5.95. The van der Waals surface area contributed by atoms with E-state index in [9.17, 15) is 0 Å². The molecule has 0 radical (unpaired) electrons. The molecule has 0 saturated carbocycles. The molecular weight excluding hydrogens is 398 g/mol. The molecule has 1 aliphatic rings. The lowest BCUT2D eigenvalue weighted by atomic mass is 10.1. The Morgan fingerprint density at radius 3 is 2.68 bits per heavy atom. The summed E-state index contributed by atoms with van der Waals surface area (Å²) >= 11 is 1.90. The average Bonchev–Trinajstić information content (AvgIpc) is 2.96. The largest absolute Gasteiger partial charge is 0.399 e. The van der Waals surface area contributed by atoms with Gasteiger partial charge >= 0.3 is 0 Å². The molecule has 2 N–H and O–H groups in total. The van der Waals surface area contributed by atoms with E-state index >= 15 is 0 Å². The molecule has 3 aromatic rings. The zero-order chi connectivity index (χ0) is 21.5. The molecule has 3 aromatic carbocycles. The molecular formula is C27H29N3S. The molecule has 0 unspecified atom stereocenters. The molecule has 1 heterocycles. The topological polar surface area (TPSA) is 41.6 Å². The molecule has 4 heteroatoms. The number of benzene rings is 3. The SMILES string of the molecule is CN1CCN=C(/C=C/c2cc(N)ccc2SCCCc2ccccc2)c2ccccc21. The molecule has 0 saturated heterocycles. The van der Waals surface area contributed by atoms with Gasteiger partial charge in [0.05, 0.1) is 12.3 Å². The van der Waals surface area contributed by atoms with Crippen molar-refractivity contribution in [2.24, 2.45) is 4.99 Å². The van der Waals surface area contributed by atoms with Gasteiger partial charge in [0.1, 0.15) is 0 Å². The van der Waals surface area contributed by atoms with E-state index in [1.54, 1.807) is 0 Å². The fourth-order valence-electron chi connectivity index (χ4n) is 3.79. The number of likely N-dealkylation sites (N-methyl/N-ethyl adjacent to an activating group) is 1. The van der Waals surface area contributed by atoms with Crippen molar-refractivity contribution in [2.45, 2.75) is 17.7 Å². The summed E-state index contributed by atoms with van der Waals surface area (Å²) in [6.07, 6.45) is 6.56. The van der Waals surface area contributed by atoms with Crippen molar-refractivity contribution in [3.63, 3.8) is 0 Å². The number of hydrogen-bond donors (Lipinski definition) is 1. The summed E-state index contributed by atoms with van der Waals surface area (Å²) in [5.41, 5.74) is 12.9. The fraction of sp³-hybridized carbons (Fsp3) is 0.222. The first kappa shape index (κ1) is 21.3. The first-order chi connectivity index (χ1) is 15.2. The third kappa shape index (κ3) is 5.59. The number of anilines is 2. The molecule has 0 bridgehead atoms. The van der Waals surface area contributed by atoms with Crippen LogP contribution in [0, 0.1) is 0 Å². The number of aryl methyl sites for hydroxylation is 1. The maximum Gasteiger partial charge on any atom is 0.0668 e. The molecule has 3 nitrogen and oxygen atoms in total. The zero-order valence-electron chi connectivity index (χ0n) is 18.0. The number of nitrogen functional groups attached to an aromatic ring is 1. The summed E-state index contributed by atoms with van der Waals surface area (Å²) in [4.78, 5) is 8.38. The summed E-state index contributed by atoms with van der Waals surface area (Å²) in [7, 11) is 2.13. The van der Waals surface area contributed by atoms with Crippen molar-refractivity contribution < 1.29 is 0 Å². The second kappa shape index (κ2) is 10.4. The van der Waals surface area contributed by atoms with Crippen molar-refractivity contribution in [1.82, 2.24) is 0 Å². The van der Waals surface area contributed by atoms with Gasteiger partial charge in [-0.25, -0.2) is 0 Å². The molecule has 0 fully saturated rings. The standard InChI is InChI=1S/C27H29N3S/c1-30-18-17-29-25(24-11-5-6-12-26(24)30)15-13-22-20-23(28)14-16-27(22)31-19-7-10-21-8-3-2-4-9-21/h2-6,8-9,11-16,20H,7,10,17-19,28H2,1H3/b15-13+. The average molecular weight is 428 g/mol. The maximum absolute atomic E-state index is 6.11. The van der Waals surface area contributed by atoms with E-state index in [1.807, 2.05) is 17.8 Å². The second-order valence-electron chi connectivity index (χ2n) is 7.77. The number of fused-ring (bicyclic) bond motifs is 1. The summed E-state index contributed by atoms with van der Waals surface area (Å²) in [5.74, 6) is 1.08. The summed E-state index contributed by atoms with van der Waals surface area (Å²) in [5, 5.41) is 0. The van der Waals surface area contributed by atoms with Crippen LogP contribution >= 0.6 is 11.8 Å². The number of rotatable bonds is 7. The van der Waals surface area contributed by atoms with Gasteiger partial charge in [-0.3, -0.25) is 4.99 Å². The van der Waals surface area contributed by atoms with E-state index in [0.717, 1.165) is 48.6 Å². The van der Waals surface area contributed by atoms with Gasteiger partial charge in [0.15, 0.2) is 0 Å². The minimum absolute atomic E-state index is 0.788. The van der Waals surface area contributed by atoms with E-state index < -0.39 is 0 Å². The lowest BCUT2D eigenvalue weighted by molar-refractivity contribution is 0.897. The molecule has 0 aliphatic carbocycles. The van der Waals surface area contributed by atoms with E-state index in [0.29, 0.717) is 0 Å². The van der Waals surface area contributed by atoms with Gasteiger partial charge in [0.25, 0.3) is 0 Å². The first-order valence-electron chi connectivity index (χ1n) is 10.8. The molecule has 0 spiro atoms. The number of thioether (sulfide) groups is 1. The van der Waals surface area contributed by atoms with E-state index in [1.165, 1.54) is 21.7 Å². The second-order valence-corrected chi connectivity index (χ2v) is 8.91. The number of para-hydroxylation sites is 1. The van der Waals surface area contributed by atoms with Crippen molar-refractivity contribution in [2.75, 3.05) is 36.5 Å². The molecule has 0 atom stereocenters. The van der Waals surface area contributed by atoms with E-state index in [4.69, 9.17) is 10.7 Å². The molecule has 0 aromatic heterocycles. The van der Waals surface area contributed by atoms with Crippen LogP contribution in [0.15, 0.2) is 88.8 Å². The first-order valence-corrected chi connectivity index (χ1v) is 11.8. The molecule has 31 heavy (non-hydrogen) atoms. The summed E-state index contributed by atoms with van der Waals surface area (Å²) in [6, 6.07) is 25.4. The molecule has 1 aliphatic heterocycles. The van der Waals surface area contributed by atoms with Crippen molar-refractivity contribution in [3.8, 4) is 0 Å². The Morgan fingerprint density at radius 1 is 1.00 bits per heavy atom. The van der Waals surface area contributed by atoms with Gasteiger partial charge in [-0.2, -0.15) is 0 Å². The Bertz CT molecular complexity index is 1070. The van der Waals surface area contributed by atoms with Crippen molar-refractivity contribution >= 4 is 34.9 Å². The van der Waals surface area contributed by atoms with Gasteiger partial charge in [-0.1, -0.05) is 54.6 Å². The molecule has 0 amide bonds. The van der Waals surface area contributed by atoms with Crippen LogP contribution in [0.3, 0.4) is 0 Å². The van der Waals surface area contributed by atoms with Crippen molar-refractivity contribution in [3.05, 3.63) is 95.6 Å². The van der Waals surface area contributed by atoms with E-state index in [2.05, 4.69) is 90.8 Å². The Morgan fingerprint density at radius 2 is 1.81 bits per heavy atom. The highest BCUT2D eigenvalue weighted by Gasteiger charge is 2.13. The smallest absolute Gasteiger partial charge is 0.0668 e. The quantitative estimate of drug-likeness (QED) is 0.288. The van der Waals surface area contributed by atoms with Crippen LogP contribution in [0.25, 0.3) is 6.08 Å². The molecule has 4 rings (SSSR count). The number of hydrogen-bond acceptors (Lipinski definition) is 4.